The van der Waals surface area contributed by atoms with Crippen molar-refractivity contribution >= 4 is 33.7 Å². The van der Waals surface area contributed by atoms with Gasteiger partial charge in [0.25, 0.3) is 0 Å². The summed E-state index contributed by atoms with van der Waals surface area (Å²) in [4.78, 5) is 8.79. The van der Waals surface area contributed by atoms with E-state index < -0.39 is 0 Å². The third-order valence-corrected chi connectivity index (χ3v) is 7.95. The number of hydrogen-bond donors (Lipinski definition) is 5. The highest BCUT2D eigenvalue weighted by Crippen LogP contribution is 2.35. The topological polar surface area (TPSA) is 153 Å². The van der Waals surface area contributed by atoms with Crippen LogP contribution in [0.15, 0.2) is 48.7 Å². The van der Waals surface area contributed by atoms with Crippen molar-refractivity contribution in [1.29, 1.82) is 0 Å². The van der Waals surface area contributed by atoms with Crippen molar-refractivity contribution in [2.24, 2.45) is 0 Å². The first-order chi connectivity index (χ1) is 20.5. The number of H-pyrrole nitrogens is 1. The van der Waals surface area contributed by atoms with E-state index in [-0.39, 0.29) is 5.95 Å². The molecule has 0 aliphatic heterocycles. The molecule has 10 nitrogen and oxygen atoms in total. The molecule has 222 valence electrons. The zero-order chi connectivity index (χ0) is 29.5. The molecule has 10 heteroatoms. The van der Waals surface area contributed by atoms with Gasteiger partial charge in [0.05, 0.1) is 24.9 Å². The van der Waals surface area contributed by atoms with Crippen LogP contribution in [0.2, 0.25) is 0 Å². The average Bonchev–Trinajstić information content (AvgIpc) is 3.61. The molecule has 0 atom stereocenters. The van der Waals surface area contributed by atoms with E-state index in [9.17, 15) is 0 Å². The smallest absolute Gasteiger partial charge is 0.222 e. The van der Waals surface area contributed by atoms with Gasteiger partial charge in [-0.1, -0.05) is 50.8 Å². The second kappa shape index (κ2) is 13.7. The van der Waals surface area contributed by atoms with Crippen molar-refractivity contribution in [3.63, 3.8) is 0 Å². The van der Waals surface area contributed by atoms with Crippen LogP contribution in [0.25, 0.3) is 33.2 Å². The molecular weight excluding hydrogens is 528 g/mol. The van der Waals surface area contributed by atoms with E-state index in [0.717, 1.165) is 57.5 Å². The summed E-state index contributed by atoms with van der Waals surface area (Å²) >= 11 is 0. The molecule has 2 aromatic carbocycles. The normalized spacial score (nSPS) is 13.2. The molecule has 1 aliphatic carbocycles. The number of hydrogen-bond acceptors (Lipinski definition) is 8. The zero-order valence-electron chi connectivity index (χ0n) is 24.6. The summed E-state index contributed by atoms with van der Waals surface area (Å²) in [6, 6.07) is 15.2. The third kappa shape index (κ3) is 6.50. The average molecular weight is 571 g/mol. The number of nitrogens with one attached hydrogen (secondary N) is 2. The lowest BCUT2D eigenvalue weighted by Crippen LogP contribution is -2.34. The van der Waals surface area contributed by atoms with Gasteiger partial charge in [-0.05, 0) is 49.1 Å². The van der Waals surface area contributed by atoms with Crippen LogP contribution >= 0.6 is 0 Å². The standard InChI is InChI=1S/C26H28N8O.C6H14O/c1-35-22-11-15(13-29-18-3-2-4-18)5-6-17(22)14-34-21-12-16(20-9-10-30-33-20)7-8-19(21)23-24(34)25(27)32-26(28)31-23;1-2-3-4-5-6-7/h5-12,18,29H,2-4,13-14H2,1H3,(H,30,33)(H4,27,28,31,32);7H,2-6H2,1H3. The first kappa shape index (κ1) is 29.3. The summed E-state index contributed by atoms with van der Waals surface area (Å²) < 4.78 is 7.94. The Morgan fingerprint density at radius 2 is 1.93 bits per heavy atom. The quantitative estimate of drug-likeness (QED) is 0.132. The van der Waals surface area contributed by atoms with Gasteiger partial charge in [0.15, 0.2) is 5.82 Å². The van der Waals surface area contributed by atoms with Gasteiger partial charge >= 0.3 is 0 Å². The van der Waals surface area contributed by atoms with Crippen molar-refractivity contribution in [3.8, 4) is 17.0 Å². The number of anilines is 2. The lowest BCUT2D eigenvalue weighted by atomic mass is 9.93. The largest absolute Gasteiger partial charge is 0.496 e. The van der Waals surface area contributed by atoms with E-state index in [2.05, 4.69) is 61.2 Å². The molecule has 1 aliphatic rings. The van der Waals surface area contributed by atoms with Gasteiger partial charge in [-0.15, -0.1) is 0 Å². The Labute approximate surface area is 246 Å². The fourth-order valence-electron chi connectivity index (χ4n) is 5.38. The van der Waals surface area contributed by atoms with E-state index in [4.69, 9.17) is 21.3 Å². The van der Waals surface area contributed by atoms with Gasteiger partial charge in [-0.3, -0.25) is 5.10 Å². The summed E-state index contributed by atoms with van der Waals surface area (Å²) in [7, 11) is 1.71. The zero-order valence-corrected chi connectivity index (χ0v) is 24.6. The van der Waals surface area contributed by atoms with Gasteiger partial charge in [0.1, 0.15) is 16.8 Å². The maximum Gasteiger partial charge on any atom is 0.222 e. The van der Waals surface area contributed by atoms with Crippen LogP contribution in [0.5, 0.6) is 5.75 Å². The highest BCUT2D eigenvalue weighted by Gasteiger charge is 2.20. The molecule has 0 amide bonds. The Balaban J connectivity index is 0.000000451. The van der Waals surface area contributed by atoms with Crippen LogP contribution in [0.4, 0.5) is 11.8 Å². The number of fused-ring (bicyclic) bond motifs is 3. The highest BCUT2D eigenvalue weighted by atomic mass is 16.5. The second-order valence-electron chi connectivity index (χ2n) is 10.9. The molecular formula is C32H42N8O2. The van der Waals surface area contributed by atoms with E-state index in [1.165, 1.54) is 44.1 Å². The number of nitrogens with zero attached hydrogens (tertiary/aromatic N) is 4. The fourth-order valence-corrected chi connectivity index (χ4v) is 5.38. The van der Waals surface area contributed by atoms with Crippen LogP contribution in [-0.4, -0.2) is 49.6 Å². The summed E-state index contributed by atoms with van der Waals surface area (Å²) in [5, 5.41) is 20.0. The number of nitrogen functional groups attached to an aromatic ring is 2. The maximum absolute atomic E-state index is 8.29. The Morgan fingerprint density at radius 1 is 1.07 bits per heavy atom. The number of aromatic amines is 1. The summed E-state index contributed by atoms with van der Waals surface area (Å²) in [5.41, 5.74) is 19.0. The van der Waals surface area contributed by atoms with Gasteiger partial charge < -0.3 is 31.2 Å². The first-order valence-corrected chi connectivity index (χ1v) is 14.9. The van der Waals surface area contributed by atoms with Crippen LogP contribution in [0.1, 0.15) is 63.0 Å². The first-order valence-electron chi connectivity index (χ1n) is 14.9. The molecule has 6 rings (SSSR count). The van der Waals surface area contributed by atoms with Crippen molar-refractivity contribution in [1.82, 2.24) is 30.0 Å². The van der Waals surface area contributed by atoms with Gasteiger partial charge in [-0.25, -0.2) is 4.98 Å². The molecule has 1 saturated carbocycles. The number of nitrogens with two attached hydrogens (primary N) is 2. The molecule has 1 fully saturated rings. The summed E-state index contributed by atoms with van der Waals surface area (Å²) in [6.07, 6.45) is 10.3. The number of ether oxygens (including phenoxy) is 1. The van der Waals surface area contributed by atoms with Gasteiger partial charge in [0.2, 0.25) is 5.95 Å². The maximum atomic E-state index is 8.29. The van der Waals surface area contributed by atoms with Crippen molar-refractivity contribution in [3.05, 3.63) is 59.8 Å². The highest BCUT2D eigenvalue weighted by molar-refractivity contribution is 6.10. The molecule has 0 radical (unpaired) electrons. The Bertz CT molecular complexity index is 1600. The number of unbranched alkanes of at least 4 members (excludes halogenated alkanes) is 3. The Morgan fingerprint density at radius 3 is 2.62 bits per heavy atom. The lowest BCUT2D eigenvalue weighted by molar-refractivity contribution is 0.283. The lowest BCUT2D eigenvalue weighted by Gasteiger charge is -2.26. The van der Waals surface area contributed by atoms with Crippen molar-refractivity contribution < 1.29 is 9.84 Å². The SMILES string of the molecule is CCCCCCO.COc1cc(CNC2CCC2)ccc1Cn1c2cc(-c3ccn[nH]3)ccc2c2nc(N)nc(N)c21. The number of methoxy groups -OCH3 is 1. The summed E-state index contributed by atoms with van der Waals surface area (Å²) in [6.45, 7) is 3.91. The molecule has 42 heavy (non-hydrogen) atoms. The predicted molar refractivity (Wildman–Crippen MR) is 169 cm³/mol. The number of aliphatic hydroxyl groups is 1. The van der Waals surface area contributed by atoms with E-state index in [1.807, 2.05) is 18.2 Å². The Kier molecular flexibility index (Phi) is 9.55. The van der Waals surface area contributed by atoms with Crippen molar-refractivity contribution in [2.45, 2.75) is 71.0 Å². The van der Waals surface area contributed by atoms with Crippen LogP contribution in [-0.2, 0) is 13.1 Å². The number of benzene rings is 2. The Hall–Kier alpha value is -4.15. The molecule has 3 aromatic heterocycles. The van der Waals surface area contributed by atoms with Gasteiger partial charge in [0, 0.05) is 41.9 Å². The monoisotopic (exact) mass is 570 g/mol. The van der Waals surface area contributed by atoms with Crippen LogP contribution in [0.3, 0.4) is 0 Å². The minimum Gasteiger partial charge on any atom is -0.496 e. The van der Waals surface area contributed by atoms with Crippen LogP contribution < -0.4 is 21.5 Å². The van der Waals surface area contributed by atoms with E-state index in [0.29, 0.717) is 25.0 Å². The second-order valence-corrected chi connectivity index (χ2v) is 10.9. The minimum atomic E-state index is 0.160. The molecule has 0 bridgehead atoms. The number of rotatable bonds is 11. The molecule has 0 unspecified atom stereocenters. The molecule has 3 heterocycles. The third-order valence-electron chi connectivity index (χ3n) is 7.95. The molecule has 5 aromatic rings. The van der Waals surface area contributed by atoms with Crippen LogP contribution in [0, 0.1) is 0 Å². The molecule has 7 N–H and O–H groups in total. The van der Waals surface area contributed by atoms with E-state index in [1.54, 1.807) is 13.3 Å². The number of aliphatic hydroxyl groups excluding tert-OH is 1. The summed E-state index contributed by atoms with van der Waals surface area (Å²) in [5.74, 6) is 1.35. The predicted octanol–water partition coefficient (Wildman–Crippen LogP) is 5.40. The molecule has 0 spiro atoms. The van der Waals surface area contributed by atoms with Gasteiger partial charge in [-0.2, -0.15) is 10.1 Å². The van der Waals surface area contributed by atoms with Crippen molar-refractivity contribution in [2.75, 3.05) is 25.2 Å². The molecule has 0 saturated heterocycles. The number of aromatic nitrogens is 5. The van der Waals surface area contributed by atoms with E-state index >= 15 is 0 Å². The fraction of sp³-hybridized carbons (Fsp3) is 0.406. The minimum absolute atomic E-state index is 0.160.